The minimum Gasteiger partial charge on any atom is -0.345 e. The van der Waals surface area contributed by atoms with Gasteiger partial charge in [-0.1, -0.05) is 6.07 Å². The SMILES string of the molecule is CN(C)C(=O)c1cccc(N2CC(CS)CC2=O)c1. The zero-order chi connectivity index (χ0) is 14.0. The van der Waals surface area contributed by atoms with Crippen LogP contribution < -0.4 is 4.90 Å². The van der Waals surface area contributed by atoms with Crippen LogP contribution in [0, 0.1) is 5.92 Å². The van der Waals surface area contributed by atoms with Gasteiger partial charge in [-0.15, -0.1) is 0 Å². The number of carbonyl (C=O) groups excluding carboxylic acids is 2. The Hall–Kier alpha value is -1.49. The predicted molar refractivity (Wildman–Crippen MR) is 78.8 cm³/mol. The molecule has 1 fully saturated rings. The van der Waals surface area contributed by atoms with Gasteiger partial charge in [0.15, 0.2) is 0 Å². The third-order valence-electron chi connectivity index (χ3n) is 3.27. The van der Waals surface area contributed by atoms with Crippen molar-refractivity contribution in [1.29, 1.82) is 0 Å². The van der Waals surface area contributed by atoms with E-state index in [1.165, 1.54) is 4.90 Å². The van der Waals surface area contributed by atoms with Gasteiger partial charge in [0, 0.05) is 38.3 Å². The Morgan fingerprint density at radius 3 is 2.79 bits per heavy atom. The maximum Gasteiger partial charge on any atom is 0.253 e. The van der Waals surface area contributed by atoms with Crippen molar-refractivity contribution in [2.45, 2.75) is 6.42 Å². The standard InChI is InChI=1S/C14H18N2O2S/c1-15(2)14(18)11-4-3-5-12(7-11)16-8-10(9-19)6-13(16)17/h3-5,7,10,19H,6,8-9H2,1-2H3. The summed E-state index contributed by atoms with van der Waals surface area (Å²) in [5.74, 6) is 1.05. The van der Waals surface area contributed by atoms with Crippen LogP contribution in [-0.2, 0) is 4.79 Å². The highest BCUT2D eigenvalue weighted by Gasteiger charge is 2.29. The number of hydrogen-bond donors (Lipinski definition) is 1. The summed E-state index contributed by atoms with van der Waals surface area (Å²) in [5, 5.41) is 0. The first-order chi connectivity index (χ1) is 9.02. The van der Waals surface area contributed by atoms with Crippen LogP contribution >= 0.6 is 12.6 Å². The van der Waals surface area contributed by atoms with Crippen molar-refractivity contribution in [2.24, 2.45) is 5.92 Å². The lowest BCUT2D eigenvalue weighted by Gasteiger charge is -2.18. The molecule has 2 amide bonds. The topological polar surface area (TPSA) is 40.6 Å². The van der Waals surface area contributed by atoms with Crippen LogP contribution in [-0.4, -0.2) is 43.1 Å². The molecule has 5 heteroatoms. The van der Waals surface area contributed by atoms with Gasteiger partial charge in [0.25, 0.3) is 5.91 Å². The number of benzene rings is 1. The van der Waals surface area contributed by atoms with Crippen molar-refractivity contribution in [1.82, 2.24) is 4.90 Å². The van der Waals surface area contributed by atoms with Gasteiger partial charge in [0.1, 0.15) is 0 Å². The third-order valence-corrected chi connectivity index (χ3v) is 3.79. The first-order valence-corrected chi connectivity index (χ1v) is 6.89. The molecule has 2 rings (SSSR count). The first kappa shape index (κ1) is 13.9. The smallest absolute Gasteiger partial charge is 0.253 e. The molecular weight excluding hydrogens is 260 g/mol. The molecule has 0 saturated carbocycles. The van der Waals surface area contributed by atoms with Crippen molar-refractivity contribution >= 4 is 30.1 Å². The molecule has 1 aliphatic heterocycles. The molecule has 1 aromatic carbocycles. The molecule has 0 aliphatic carbocycles. The summed E-state index contributed by atoms with van der Waals surface area (Å²) in [5.41, 5.74) is 1.40. The third kappa shape index (κ3) is 2.92. The maximum absolute atomic E-state index is 12.0. The van der Waals surface area contributed by atoms with Crippen LogP contribution in [0.2, 0.25) is 0 Å². The largest absolute Gasteiger partial charge is 0.345 e. The minimum absolute atomic E-state index is 0.0563. The molecular formula is C14H18N2O2S. The van der Waals surface area contributed by atoms with Crippen molar-refractivity contribution in [3.63, 3.8) is 0 Å². The summed E-state index contributed by atoms with van der Waals surface area (Å²) in [4.78, 5) is 27.2. The van der Waals surface area contributed by atoms with E-state index in [1.807, 2.05) is 12.1 Å². The predicted octanol–water partition coefficient (Wildman–Crippen LogP) is 1.67. The van der Waals surface area contributed by atoms with Crippen LogP contribution in [0.25, 0.3) is 0 Å². The summed E-state index contributed by atoms with van der Waals surface area (Å²) < 4.78 is 0. The molecule has 4 nitrogen and oxygen atoms in total. The Bertz CT molecular complexity index is 502. The van der Waals surface area contributed by atoms with Crippen LogP contribution in [0.15, 0.2) is 24.3 Å². The molecule has 102 valence electrons. The van der Waals surface area contributed by atoms with Gasteiger partial charge in [-0.25, -0.2) is 0 Å². The molecule has 1 unspecified atom stereocenters. The van der Waals surface area contributed by atoms with E-state index < -0.39 is 0 Å². The fraction of sp³-hybridized carbons (Fsp3) is 0.429. The van der Waals surface area contributed by atoms with Crippen LogP contribution in [0.5, 0.6) is 0 Å². The Morgan fingerprint density at radius 1 is 1.47 bits per heavy atom. The van der Waals surface area contributed by atoms with Gasteiger partial charge < -0.3 is 9.80 Å². The fourth-order valence-corrected chi connectivity index (χ4v) is 2.46. The van der Waals surface area contributed by atoms with E-state index in [9.17, 15) is 9.59 Å². The maximum atomic E-state index is 12.0. The second-order valence-electron chi connectivity index (χ2n) is 5.01. The Kier molecular flexibility index (Phi) is 4.14. The Morgan fingerprint density at radius 2 is 2.21 bits per heavy atom. The second kappa shape index (κ2) is 5.65. The highest BCUT2D eigenvalue weighted by atomic mass is 32.1. The lowest BCUT2D eigenvalue weighted by Crippen LogP contribution is -2.26. The molecule has 0 spiro atoms. The summed E-state index contributed by atoms with van der Waals surface area (Å²) >= 11 is 4.25. The highest BCUT2D eigenvalue weighted by Crippen LogP contribution is 2.26. The van der Waals surface area contributed by atoms with Gasteiger partial charge in [-0.05, 0) is 29.9 Å². The zero-order valence-electron chi connectivity index (χ0n) is 11.2. The number of carbonyl (C=O) groups is 2. The van der Waals surface area contributed by atoms with E-state index in [4.69, 9.17) is 0 Å². The van der Waals surface area contributed by atoms with E-state index in [0.717, 1.165) is 5.69 Å². The normalized spacial score (nSPS) is 18.8. The van der Waals surface area contributed by atoms with Gasteiger partial charge in [-0.2, -0.15) is 12.6 Å². The van der Waals surface area contributed by atoms with E-state index >= 15 is 0 Å². The average Bonchev–Trinajstić information content (AvgIpc) is 2.79. The van der Waals surface area contributed by atoms with Crippen molar-refractivity contribution < 1.29 is 9.59 Å². The number of nitrogens with zero attached hydrogens (tertiary/aromatic N) is 2. The number of rotatable bonds is 3. The molecule has 1 aromatic rings. The van der Waals surface area contributed by atoms with Crippen LogP contribution in [0.1, 0.15) is 16.8 Å². The van der Waals surface area contributed by atoms with Crippen molar-refractivity contribution in [3.8, 4) is 0 Å². The molecule has 0 bridgehead atoms. The lowest BCUT2D eigenvalue weighted by molar-refractivity contribution is -0.117. The van der Waals surface area contributed by atoms with Crippen molar-refractivity contribution in [2.75, 3.05) is 31.3 Å². The van der Waals surface area contributed by atoms with E-state index in [2.05, 4.69) is 12.6 Å². The molecule has 1 atom stereocenters. The summed E-state index contributed by atoms with van der Waals surface area (Å²) in [7, 11) is 3.43. The van der Waals surface area contributed by atoms with E-state index in [0.29, 0.717) is 30.2 Å². The molecule has 1 saturated heterocycles. The average molecular weight is 278 g/mol. The quantitative estimate of drug-likeness (QED) is 0.855. The number of amides is 2. The number of anilines is 1. The molecule has 1 aliphatic rings. The Balaban J connectivity index is 2.24. The molecule has 19 heavy (non-hydrogen) atoms. The van der Waals surface area contributed by atoms with Gasteiger partial charge >= 0.3 is 0 Å². The summed E-state index contributed by atoms with van der Waals surface area (Å²) in [6.07, 6.45) is 0.537. The van der Waals surface area contributed by atoms with Gasteiger partial charge in [-0.3, -0.25) is 9.59 Å². The van der Waals surface area contributed by atoms with Gasteiger partial charge in [0.05, 0.1) is 0 Å². The van der Waals surface area contributed by atoms with Gasteiger partial charge in [0.2, 0.25) is 5.91 Å². The number of hydrogen-bond acceptors (Lipinski definition) is 3. The summed E-state index contributed by atoms with van der Waals surface area (Å²) in [6, 6.07) is 7.22. The molecule has 0 radical (unpaired) electrons. The fourth-order valence-electron chi connectivity index (χ4n) is 2.22. The monoisotopic (exact) mass is 278 g/mol. The molecule has 0 aromatic heterocycles. The van der Waals surface area contributed by atoms with E-state index in [1.54, 1.807) is 31.1 Å². The lowest BCUT2D eigenvalue weighted by atomic mass is 10.1. The van der Waals surface area contributed by atoms with Crippen LogP contribution in [0.4, 0.5) is 5.69 Å². The van der Waals surface area contributed by atoms with Crippen molar-refractivity contribution in [3.05, 3.63) is 29.8 Å². The molecule has 1 heterocycles. The first-order valence-electron chi connectivity index (χ1n) is 6.26. The second-order valence-corrected chi connectivity index (χ2v) is 5.37. The molecule has 0 N–H and O–H groups in total. The zero-order valence-corrected chi connectivity index (χ0v) is 12.1. The Labute approximate surface area is 118 Å². The van der Waals surface area contributed by atoms with E-state index in [-0.39, 0.29) is 11.8 Å². The number of thiol groups is 1. The minimum atomic E-state index is -0.0563. The van der Waals surface area contributed by atoms with Crippen LogP contribution in [0.3, 0.4) is 0 Å². The highest BCUT2D eigenvalue weighted by molar-refractivity contribution is 7.80. The summed E-state index contributed by atoms with van der Waals surface area (Å²) in [6.45, 7) is 0.682.